The largest absolute Gasteiger partial charge is 0.465 e. The highest BCUT2D eigenvalue weighted by atomic mass is 32.2. The minimum Gasteiger partial charge on any atom is -0.465 e. The Kier molecular flexibility index (Phi) is 4.31. The highest BCUT2D eigenvalue weighted by Gasteiger charge is 2.14. The quantitative estimate of drug-likeness (QED) is 0.264. The summed E-state index contributed by atoms with van der Waals surface area (Å²) in [6.07, 6.45) is 0. The predicted molar refractivity (Wildman–Crippen MR) is 75.5 cm³/mol. The van der Waals surface area contributed by atoms with E-state index in [0.717, 1.165) is 0 Å². The van der Waals surface area contributed by atoms with Crippen LogP contribution >= 0.6 is 11.8 Å². The number of benzene rings is 1. The molecule has 0 fully saturated rings. The van der Waals surface area contributed by atoms with Crippen molar-refractivity contribution in [3.63, 3.8) is 0 Å². The maximum Gasteiger partial charge on any atom is 0.268 e. The van der Waals surface area contributed by atoms with Crippen LogP contribution < -0.4 is 17.0 Å². The van der Waals surface area contributed by atoms with Crippen molar-refractivity contribution in [3.05, 3.63) is 47.2 Å². The first-order valence-electron chi connectivity index (χ1n) is 5.79. The molecule has 2 rings (SSSR count). The highest BCUT2D eigenvalue weighted by Crippen LogP contribution is 2.28. The number of nitrogens with two attached hydrogens (primary N) is 2. The average Bonchev–Trinajstić information content (AvgIpc) is 2.78. The van der Waals surface area contributed by atoms with Gasteiger partial charge in [0.15, 0.2) is 0 Å². The van der Waals surface area contributed by atoms with Crippen LogP contribution in [0.1, 0.15) is 21.9 Å². The normalized spacial score (nSPS) is 10.6. The zero-order valence-electron chi connectivity index (χ0n) is 10.8. The van der Waals surface area contributed by atoms with Crippen LogP contribution in [-0.4, -0.2) is 5.91 Å². The first kappa shape index (κ1) is 14.4. The Bertz CT molecular complexity index is 643. The van der Waals surface area contributed by atoms with E-state index in [1.165, 1.54) is 17.8 Å². The molecule has 0 aliphatic heterocycles. The number of nitrogen functional groups attached to an aromatic ring is 2. The van der Waals surface area contributed by atoms with Crippen molar-refractivity contribution >= 4 is 23.4 Å². The van der Waals surface area contributed by atoms with Crippen molar-refractivity contribution < 1.29 is 13.6 Å². The molecule has 0 spiro atoms. The molecular formula is C13H14FN3O2S. The Morgan fingerprint density at radius 2 is 2.20 bits per heavy atom. The lowest BCUT2D eigenvalue weighted by Gasteiger charge is -2.02. The first-order valence-corrected chi connectivity index (χ1v) is 6.78. The number of furan rings is 1. The Labute approximate surface area is 119 Å². The van der Waals surface area contributed by atoms with Crippen LogP contribution in [0.5, 0.6) is 0 Å². The van der Waals surface area contributed by atoms with Crippen molar-refractivity contribution in [2.45, 2.75) is 17.6 Å². The van der Waals surface area contributed by atoms with Gasteiger partial charge in [-0.15, -0.1) is 11.8 Å². The van der Waals surface area contributed by atoms with Crippen molar-refractivity contribution in [1.82, 2.24) is 5.43 Å². The minimum absolute atomic E-state index is 0.376. The van der Waals surface area contributed by atoms with E-state index in [4.69, 9.17) is 16.0 Å². The molecule has 0 radical (unpaired) electrons. The third kappa shape index (κ3) is 3.12. The molecule has 20 heavy (non-hydrogen) atoms. The number of hydrazine groups is 1. The lowest BCUT2D eigenvalue weighted by molar-refractivity contribution is 0.0952. The van der Waals surface area contributed by atoms with Gasteiger partial charge < -0.3 is 10.2 Å². The summed E-state index contributed by atoms with van der Waals surface area (Å²) in [6.45, 7) is 1.67. The van der Waals surface area contributed by atoms with Crippen molar-refractivity contribution in [3.8, 4) is 0 Å². The number of carbonyl (C=O) groups is 1. The second-order valence-electron chi connectivity index (χ2n) is 4.13. The fraction of sp³-hybridized carbons (Fsp3) is 0.154. The van der Waals surface area contributed by atoms with Gasteiger partial charge in [-0.1, -0.05) is 0 Å². The number of amides is 1. The lowest BCUT2D eigenvalue weighted by Crippen LogP contribution is -2.30. The maximum atomic E-state index is 13.6. The van der Waals surface area contributed by atoms with Gasteiger partial charge in [-0.05, 0) is 31.2 Å². The first-order chi connectivity index (χ1) is 9.51. The molecule has 1 amide bonds. The van der Waals surface area contributed by atoms with Crippen molar-refractivity contribution in [1.29, 1.82) is 0 Å². The molecule has 1 aromatic carbocycles. The predicted octanol–water partition coefficient (Wildman–Crippen LogP) is 2.21. The SMILES string of the molecule is Cc1oc(CSc2ccc(N)cc2F)cc1C(=O)NN. The standard InChI is InChI=1S/C13H14FN3O2S/c1-7-10(13(18)17-16)5-9(19-7)6-20-12-3-2-8(15)4-11(12)14/h2-5H,6,15-16H2,1H3,(H,17,18). The third-order valence-corrected chi connectivity index (χ3v) is 3.74. The minimum atomic E-state index is -0.416. The molecule has 0 aliphatic carbocycles. The van der Waals surface area contributed by atoms with Crippen LogP contribution in [0.15, 0.2) is 33.6 Å². The number of rotatable bonds is 4. The van der Waals surface area contributed by atoms with Gasteiger partial charge in [0.2, 0.25) is 0 Å². The average molecular weight is 295 g/mol. The molecule has 106 valence electrons. The molecule has 0 bridgehead atoms. The van der Waals surface area contributed by atoms with E-state index in [2.05, 4.69) is 0 Å². The summed E-state index contributed by atoms with van der Waals surface area (Å²) in [5.41, 5.74) is 8.28. The van der Waals surface area contributed by atoms with Crippen LogP contribution in [0.4, 0.5) is 10.1 Å². The maximum absolute atomic E-state index is 13.6. The van der Waals surface area contributed by atoms with Crippen LogP contribution in [0.25, 0.3) is 0 Å². The Morgan fingerprint density at radius 3 is 2.85 bits per heavy atom. The van der Waals surface area contributed by atoms with E-state index >= 15 is 0 Å². The van der Waals surface area contributed by atoms with Gasteiger partial charge in [0.05, 0.1) is 11.3 Å². The van der Waals surface area contributed by atoms with Crippen molar-refractivity contribution in [2.24, 2.45) is 5.84 Å². The van der Waals surface area contributed by atoms with Crippen LogP contribution in [0.2, 0.25) is 0 Å². The summed E-state index contributed by atoms with van der Waals surface area (Å²) in [5, 5.41) is 0. The summed E-state index contributed by atoms with van der Waals surface area (Å²) < 4.78 is 19.0. The number of hydrogen-bond acceptors (Lipinski definition) is 5. The number of halogens is 1. The highest BCUT2D eigenvalue weighted by molar-refractivity contribution is 7.98. The second kappa shape index (κ2) is 5.98. The third-order valence-electron chi connectivity index (χ3n) is 2.67. The molecule has 0 aliphatic rings. The number of aryl methyl sites for hydroxylation is 1. The van der Waals surface area contributed by atoms with E-state index in [9.17, 15) is 9.18 Å². The second-order valence-corrected chi connectivity index (χ2v) is 5.15. The Morgan fingerprint density at radius 1 is 1.45 bits per heavy atom. The van der Waals surface area contributed by atoms with E-state index in [1.54, 1.807) is 25.1 Å². The number of nitrogens with one attached hydrogen (secondary N) is 1. The van der Waals surface area contributed by atoms with E-state index < -0.39 is 5.91 Å². The van der Waals surface area contributed by atoms with Crippen LogP contribution in [-0.2, 0) is 5.75 Å². The van der Waals surface area contributed by atoms with E-state index in [1.807, 2.05) is 5.43 Å². The summed E-state index contributed by atoms with van der Waals surface area (Å²) in [7, 11) is 0. The number of carbonyl (C=O) groups excluding carboxylic acids is 1. The number of anilines is 1. The fourth-order valence-corrected chi connectivity index (χ4v) is 2.50. The molecular weight excluding hydrogens is 281 g/mol. The Hall–Kier alpha value is -1.99. The lowest BCUT2D eigenvalue weighted by atomic mass is 10.2. The fourth-order valence-electron chi connectivity index (χ4n) is 1.70. The molecule has 7 heteroatoms. The molecule has 5 N–H and O–H groups in total. The number of thioether (sulfide) groups is 1. The molecule has 2 aromatic rings. The van der Waals surface area contributed by atoms with Crippen LogP contribution in [0.3, 0.4) is 0 Å². The molecule has 1 heterocycles. The van der Waals surface area contributed by atoms with Crippen molar-refractivity contribution in [2.75, 3.05) is 5.73 Å². The van der Waals surface area contributed by atoms with Gasteiger partial charge >= 0.3 is 0 Å². The molecule has 1 aromatic heterocycles. The van der Waals surface area contributed by atoms with Gasteiger partial charge in [0.25, 0.3) is 5.91 Å². The summed E-state index contributed by atoms with van der Waals surface area (Å²) in [4.78, 5) is 11.9. The number of hydrogen-bond donors (Lipinski definition) is 3. The molecule has 5 nitrogen and oxygen atoms in total. The van der Waals surface area contributed by atoms with E-state index in [0.29, 0.717) is 33.4 Å². The Balaban J connectivity index is 2.09. The van der Waals surface area contributed by atoms with E-state index in [-0.39, 0.29) is 5.82 Å². The van der Waals surface area contributed by atoms with Gasteiger partial charge in [0.1, 0.15) is 17.3 Å². The topological polar surface area (TPSA) is 94.3 Å². The summed E-state index contributed by atoms with van der Waals surface area (Å²) in [5.74, 6) is 5.73. The van der Waals surface area contributed by atoms with Crippen LogP contribution in [0, 0.1) is 12.7 Å². The van der Waals surface area contributed by atoms with Gasteiger partial charge in [-0.25, -0.2) is 10.2 Å². The molecule has 0 saturated heterocycles. The molecule has 0 saturated carbocycles. The summed E-state index contributed by atoms with van der Waals surface area (Å²) in [6, 6.07) is 6.10. The monoisotopic (exact) mass is 295 g/mol. The smallest absolute Gasteiger partial charge is 0.268 e. The zero-order valence-corrected chi connectivity index (χ0v) is 11.6. The summed E-state index contributed by atoms with van der Waals surface area (Å²) >= 11 is 1.26. The zero-order chi connectivity index (χ0) is 14.7. The molecule has 0 unspecified atom stereocenters. The van der Waals surface area contributed by atoms with Gasteiger partial charge in [0, 0.05) is 10.6 Å². The van der Waals surface area contributed by atoms with Gasteiger partial charge in [-0.3, -0.25) is 10.2 Å². The van der Waals surface area contributed by atoms with Gasteiger partial charge in [-0.2, -0.15) is 0 Å². The molecule has 0 atom stereocenters.